The van der Waals surface area contributed by atoms with E-state index in [4.69, 9.17) is 0 Å². The number of nitrogens with one attached hydrogen (secondary N) is 1. The molecule has 1 aliphatic heterocycles. The van der Waals surface area contributed by atoms with Crippen LogP contribution in [0.5, 0.6) is 0 Å². The Balaban J connectivity index is 2.29. The number of aliphatic hydroxyl groups excluding tert-OH is 1. The van der Waals surface area contributed by atoms with Crippen molar-refractivity contribution in [3.8, 4) is 0 Å². The molecule has 1 amide bonds. The van der Waals surface area contributed by atoms with Gasteiger partial charge in [0.15, 0.2) is 0 Å². The molecule has 1 saturated heterocycles. The van der Waals surface area contributed by atoms with Crippen LogP contribution in [0, 0.1) is 0 Å². The Morgan fingerprint density at radius 2 is 2.33 bits per heavy atom. The van der Waals surface area contributed by atoms with E-state index in [-0.39, 0.29) is 18.1 Å². The topological polar surface area (TPSA) is 52.6 Å². The normalized spacial score (nSPS) is 23.5. The molecule has 1 heterocycles. The first-order valence-electron chi connectivity index (χ1n) is 5.89. The van der Waals surface area contributed by atoms with Crippen LogP contribution in [0.15, 0.2) is 0 Å². The third-order valence-electron chi connectivity index (χ3n) is 2.95. The third kappa shape index (κ3) is 3.47. The van der Waals surface area contributed by atoms with E-state index < -0.39 is 0 Å². The Kier molecular flexibility index (Phi) is 5.05. The minimum Gasteiger partial charge on any atom is -0.393 e. The van der Waals surface area contributed by atoms with Crippen molar-refractivity contribution in [3.05, 3.63) is 0 Å². The predicted octanol–water partition coefficient (Wildman–Crippen LogP) is 0.358. The first-order valence-corrected chi connectivity index (χ1v) is 5.89. The summed E-state index contributed by atoms with van der Waals surface area (Å²) >= 11 is 0. The van der Waals surface area contributed by atoms with Gasteiger partial charge >= 0.3 is 0 Å². The summed E-state index contributed by atoms with van der Waals surface area (Å²) in [6.07, 6.45) is 2.09. The molecule has 1 aliphatic rings. The summed E-state index contributed by atoms with van der Waals surface area (Å²) in [6, 6.07) is 0.00812. The molecule has 15 heavy (non-hydrogen) atoms. The van der Waals surface area contributed by atoms with Crippen LogP contribution in [0.2, 0.25) is 0 Å². The van der Waals surface area contributed by atoms with Gasteiger partial charge in [0.2, 0.25) is 5.91 Å². The Morgan fingerprint density at radius 3 is 2.93 bits per heavy atom. The van der Waals surface area contributed by atoms with Gasteiger partial charge < -0.3 is 15.3 Å². The fourth-order valence-electron chi connectivity index (χ4n) is 1.91. The van der Waals surface area contributed by atoms with Gasteiger partial charge in [-0.3, -0.25) is 4.79 Å². The molecule has 0 aliphatic carbocycles. The van der Waals surface area contributed by atoms with Crippen molar-refractivity contribution in [2.24, 2.45) is 0 Å². The van der Waals surface area contributed by atoms with Gasteiger partial charge in [0.25, 0.3) is 0 Å². The van der Waals surface area contributed by atoms with Crippen LogP contribution in [-0.4, -0.2) is 47.7 Å². The van der Waals surface area contributed by atoms with E-state index in [1.807, 2.05) is 18.7 Å². The molecule has 0 radical (unpaired) electrons. The fraction of sp³-hybridized carbons (Fsp3) is 0.909. The van der Waals surface area contributed by atoms with Crippen molar-refractivity contribution < 1.29 is 9.90 Å². The Hall–Kier alpha value is -0.610. The van der Waals surface area contributed by atoms with Crippen molar-refractivity contribution in [3.63, 3.8) is 0 Å². The zero-order valence-corrected chi connectivity index (χ0v) is 9.70. The molecule has 1 fully saturated rings. The zero-order valence-electron chi connectivity index (χ0n) is 9.70. The maximum absolute atomic E-state index is 11.8. The Bertz CT molecular complexity index is 209. The van der Waals surface area contributed by atoms with E-state index >= 15 is 0 Å². The highest BCUT2D eigenvalue weighted by molar-refractivity contribution is 5.83. The predicted molar refractivity (Wildman–Crippen MR) is 59.6 cm³/mol. The lowest BCUT2D eigenvalue weighted by Gasteiger charge is -2.18. The van der Waals surface area contributed by atoms with Crippen LogP contribution in [-0.2, 0) is 4.79 Å². The highest BCUT2D eigenvalue weighted by atomic mass is 16.3. The van der Waals surface area contributed by atoms with E-state index in [2.05, 4.69) is 5.32 Å². The van der Waals surface area contributed by atoms with Crippen molar-refractivity contribution in [2.75, 3.05) is 19.6 Å². The van der Waals surface area contributed by atoms with Crippen LogP contribution in [0.4, 0.5) is 0 Å². The smallest absolute Gasteiger partial charge is 0.239 e. The van der Waals surface area contributed by atoms with Crippen molar-refractivity contribution in [2.45, 2.75) is 45.3 Å². The van der Waals surface area contributed by atoms with Gasteiger partial charge in [-0.05, 0) is 25.8 Å². The highest BCUT2D eigenvalue weighted by Crippen LogP contribution is 2.12. The maximum Gasteiger partial charge on any atom is 0.239 e. The average molecular weight is 214 g/mol. The van der Waals surface area contributed by atoms with Crippen molar-refractivity contribution in [1.29, 1.82) is 0 Å². The van der Waals surface area contributed by atoms with Crippen LogP contribution in [0.25, 0.3) is 0 Å². The van der Waals surface area contributed by atoms with E-state index in [0.717, 1.165) is 25.9 Å². The van der Waals surface area contributed by atoms with Gasteiger partial charge in [0, 0.05) is 13.1 Å². The number of likely N-dealkylation sites (N-methyl/N-ethyl adjacent to an activating group) is 1. The second-order valence-corrected chi connectivity index (χ2v) is 4.07. The quantitative estimate of drug-likeness (QED) is 0.671. The third-order valence-corrected chi connectivity index (χ3v) is 2.95. The zero-order chi connectivity index (χ0) is 11.3. The number of nitrogens with zero attached hydrogens (tertiary/aromatic N) is 1. The van der Waals surface area contributed by atoms with Crippen LogP contribution >= 0.6 is 0 Å². The van der Waals surface area contributed by atoms with Gasteiger partial charge in [-0.25, -0.2) is 0 Å². The first kappa shape index (κ1) is 12.5. The van der Waals surface area contributed by atoms with Gasteiger partial charge in [0.05, 0.1) is 12.1 Å². The van der Waals surface area contributed by atoms with Gasteiger partial charge in [-0.15, -0.1) is 0 Å². The van der Waals surface area contributed by atoms with E-state index in [9.17, 15) is 9.90 Å². The number of carbonyl (C=O) groups excluding carboxylic acids is 1. The second kappa shape index (κ2) is 6.08. The van der Waals surface area contributed by atoms with Crippen LogP contribution < -0.4 is 5.32 Å². The molecule has 0 aromatic carbocycles. The molecule has 0 spiro atoms. The monoisotopic (exact) mass is 214 g/mol. The second-order valence-electron chi connectivity index (χ2n) is 4.07. The SMILES string of the molecule is CCNC1CCN(CCC(O)CC)C1=O. The molecule has 1 rings (SSSR count). The van der Waals surface area contributed by atoms with Gasteiger partial charge in [0.1, 0.15) is 0 Å². The summed E-state index contributed by atoms with van der Waals surface area (Å²) < 4.78 is 0. The average Bonchev–Trinajstić information content (AvgIpc) is 2.58. The largest absolute Gasteiger partial charge is 0.393 e. The van der Waals surface area contributed by atoms with Crippen LogP contribution in [0.3, 0.4) is 0 Å². The number of likely N-dealkylation sites (tertiary alicyclic amines) is 1. The van der Waals surface area contributed by atoms with Crippen LogP contribution in [0.1, 0.15) is 33.1 Å². The lowest BCUT2D eigenvalue weighted by Crippen LogP contribution is -2.38. The number of amides is 1. The standard InChI is InChI=1S/C11H22N2O2/c1-3-9(14)5-7-13-8-6-10(11(13)15)12-4-2/h9-10,12,14H,3-8H2,1-2H3. The summed E-state index contributed by atoms with van der Waals surface area (Å²) in [7, 11) is 0. The van der Waals surface area contributed by atoms with Crippen molar-refractivity contribution >= 4 is 5.91 Å². The lowest BCUT2D eigenvalue weighted by molar-refractivity contribution is -0.129. The number of hydrogen-bond acceptors (Lipinski definition) is 3. The first-order chi connectivity index (χ1) is 7.19. The summed E-state index contributed by atoms with van der Waals surface area (Å²) in [4.78, 5) is 13.6. The minimum atomic E-state index is -0.268. The molecule has 2 N–H and O–H groups in total. The summed E-state index contributed by atoms with van der Waals surface area (Å²) in [6.45, 7) is 6.32. The Labute approximate surface area is 91.6 Å². The molecule has 0 saturated carbocycles. The molecular formula is C11H22N2O2. The molecule has 2 atom stereocenters. The lowest BCUT2D eigenvalue weighted by atomic mass is 10.2. The van der Waals surface area contributed by atoms with E-state index in [1.54, 1.807) is 0 Å². The molecule has 0 aromatic rings. The minimum absolute atomic E-state index is 0.00812. The van der Waals surface area contributed by atoms with Crippen molar-refractivity contribution in [1.82, 2.24) is 10.2 Å². The molecular weight excluding hydrogens is 192 g/mol. The Morgan fingerprint density at radius 1 is 1.60 bits per heavy atom. The number of aliphatic hydroxyl groups is 1. The number of rotatable bonds is 6. The van der Waals surface area contributed by atoms with Gasteiger partial charge in [-0.2, -0.15) is 0 Å². The molecule has 2 unspecified atom stereocenters. The molecule has 4 nitrogen and oxygen atoms in total. The number of hydrogen-bond donors (Lipinski definition) is 2. The molecule has 88 valence electrons. The maximum atomic E-state index is 11.8. The molecule has 0 bridgehead atoms. The van der Waals surface area contributed by atoms with Gasteiger partial charge in [-0.1, -0.05) is 13.8 Å². The van der Waals surface area contributed by atoms with E-state index in [1.165, 1.54) is 0 Å². The number of carbonyl (C=O) groups is 1. The highest BCUT2D eigenvalue weighted by Gasteiger charge is 2.30. The summed E-state index contributed by atoms with van der Waals surface area (Å²) in [5.41, 5.74) is 0. The van der Waals surface area contributed by atoms with E-state index in [0.29, 0.717) is 13.0 Å². The molecule has 4 heteroatoms. The summed E-state index contributed by atoms with van der Waals surface area (Å²) in [5.74, 6) is 0.195. The summed E-state index contributed by atoms with van der Waals surface area (Å²) in [5, 5.41) is 12.6. The fourth-order valence-corrected chi connectivity index (χ4v) is 1.91. The molecule has 0 aromatic heterocycles.